The number of para-hydroxylation sites is 1. The molecule has 3 aromatic rings. The van der Waals surface area contributed by atoms with Crippen molar-refractivity contribution < 1.29 is 23.1 Å². The lowest BCUT2D eigenvalue weighted by Gasteiger charge is -2.23. The highest BCUT2D eigenvalue weighted by Crippen LogP contribution is 2.33. The minimum atomic E-state index is -3.77. The van der Waals surface area contributed by atoms with E-state index in [1.54, 1.807) is 37.5 Å². The van der Waals surface area contributed by atoms with E-state index in [1.165, 1.54) is 9.10 Å². The number of nitrogens with zero attached hydrogens (tertiary/aromatic N) is 4. The molecule has 4 rings (SSSR count). The Labute approximate surface area is 205 Å². The number of fused-ring (bicyclic) bond motifs is 1. The Hall–Kier alpha value is -3.24. The molecule has 2 heterocycles. The maximum Gasteiger partial charge on any atom is 0.303 e. The predicted octanol–water partition coefficient (Wildman–Crippen LogP) is 3.29. The Morgan fingerprint density at radius 1 is 1.26 bits per heavy atom. The molecule has 0 amide bonds. The molecular formula is C25H30N4O5S. The van der Waals surface area contributed by atoms with Crippen LogP contribution in [0.2, 0.25) is 0 Å². The molecule has 2 atom stereocenters. The zero-order valence-corrected chi connectivity index (χ0v) is 20.9. The minimum absolute atomic E-state index is 0.0248. The molecule has 1 aromatic heterocycles. The van der Waals surface area contributed by atoms with Crippen LogP contribution in [0.5, 0.6) is 5.75 Å². The van der Waals surface area contributed by atoms with E-state index in [9.17, 15) is 18.3 Å². The van der Waals surface area contributed by atoms with Crippen molar-refractivity contribution in [3.05, 3.63) is 71.0 Å². The van der Waals surface area contributed by atoms with Crippen molar-refractivity contribution in [2.75, 3.05) is 6.54 Å². The lowest BCUT2D eigenvalue weighted by Crippen LogP contribution is -2.35. The fourth-order valence-electron chi connectivity index (χ4n) is 4.42. The number of sulfonamides is 1. The van der Waals surface area contributed by atoms with Crippen LogP contribution in [-0.2, 0) is 34.8 Å². The Bertz CT molecular complexity index is 1320. The summed E-state index contributed by atoms with van der Waals surface area (Å²) in [4.78, 5) is 13.3. The van der Waals surface area contributed by atoms with Crippen molar-refractivity contribution in [2.45, 2.75) is 56.6 Å². The smallest absolute Gasteiger partial charge is 0.303 e. The van der Waals surface area contributed by atoms with Crippen LogP contribution in [0.25, 0.3) is 0 Å². The molecule has 9 nitrogen and oxygen atoms in total. The van der Waals surface area contributed by atoms with E-state index < -0.39 is 16.0 Å². The summed E-state index contributed by atoms with van der Waals surface area (Å²) in [6.45, 7) is 4.17. The number of aryl methyl sites for hydroxylation is 3. The first-order chi connectivity index (χ1) is 16.6. The summed E-state index contributed by atoms with van der Waals surface area (Å²) in [5.74, 6) is -0.759. The number of aliphatic carboxylic acids is 1. The number of carboxylic acids is 1. The lowest BCUT2D eigenvalue weighted by atomic mass is 9.88. The van der Waals surface area contributed by atoms with Crippen LogP contribution in [0.4, 0.5) is 0 Å². The molecule has 0 radical (unpaired) electrons. The number of aromatic nitrogens is 3. The molecule has 0 aliphatic carbocycles. The number of ether oxygens (including phenoxy) is 1. The fourth-order valence-corrected chi connectivity index (χ4v) is 6.03. The molecule has 0 fully saturated rings. The van der Waals surface area contributed by atoms with Gasteiger partial charge in [-0.3, -0.25) is 4.79 Å². The molecule has 1 aliphatic heterocycles. The maximum absolute atomic E-state index is 13.5. The van der Waals surface area contributed by atoms with Crippen LogP contribution >= 0.6 is 0 Å². The van der Waals surface area contributed by atoms with E-state index in [4.69, 9.17) is 4.74 Å². The first-order valence-electron chi connectivity index (χ1n) is 11.6. The molecule has 0 bridgehead atoms. The van der Waals surface area contributed by atoms with Gasteiger partial charge in [0.2, 0.25) is 10.0 Å². The maximum atomic E-state index is 13.5. The van der Waals surface area contributed by atoms with Gasteiger partial charge in [0, 0.05) is 13.6 Å². The predicted molar refractivity (Wildman–Crippen MR) is 130 cm³/mol. The molecule has 1 N–H and O–H groups in total. The van der Waals surface area contributed by atoms with Gasteiger partial charge in [-0.2, -0.15) is 19.3 Å². The number of hydrogen-bond acceptors (Lipinski definition) is 6. The highest BCUT2D eigenvalue weighted by molar-refractivity contribution is 7.89. The zero-order valence-electron chi connectivity index (χ0n) is 20.1. The second-order valence-electron chi connectivity index (χ2n) is 9.02. The standard InChI is InChI=1S/C25H30N4O5S/c1-17-8-9-19(20(13-25(30)31)10-11-22-14-26-28(3)27-22)12-21(17)16-29-15-18(2)34-23-6-4-5-7-24(23)35(29,32)33/h4-9,12,14,18,20H,10-11,13,15-16H2,1-3H3,(H,30,31)/t18-,20?/m1/s1. The monoisotopic (exact) mass is 498 g/mol. The van der Waals surface area contributed by atoms with Gasteiger partial charge in [0.15, 0.2) is 0 Å². The third-order valence-electron chi connectivity index (χ3n) is 6.26. The number of rotatable bonds is 8. The Morgan fingerprint density at radius 2 is 2.03 bits per heavy atom. The molecule has 35 heavy (non-hydrogen) atoms. The van der Waals surface area contributed by atoms with Crippen molar-refractivity contribution in [1.82, 2.24) is 19.3 Å². The van der Waals surface area contributed by atoms with E-state index in [2.05, 4.69) is 10.2 Å². The van der Waals surface area contributed by atoms with Gasteiger partial charge in [-0.15, -0.1) is 0 Å². The highest BCUT2D eigenvalue weighted by atomic mass is 32.2. The second kappa shape index (κ2) is 10.2. The minimum Gasteiger partial charge on any atom is -0.488 e. The first kappa shape index (κ1) is 24.9. The number of carbonyl (C=O) groups is 1. The van der Waals surface area contributed by atoms with Gasteiger partial charge < -0.3 is 9.84 Å². The Balaban J connectivity index is 1.62. The average Bonchev–Trinajstić information content (AvgIpc) is 3.18. The van der Waals surface area contributed by atoms with Gasteiger partial charge in [0.25, 0.3) is 0 Å². The van der Waals surface area contributed by atoms with Gasteiger partial charge in [-0.1, -0.05) is 30.3 Å². The van der Waals surface area contributed by atoms with Crippen LogP contribution < -0.4 is 4.74 Å². The molecule has 1 unspecified atom stereocenters. The summed E-state index contributed by atoms with van der Waals surface area (Å²) in [5, 5.41) is 17.9. The van der Waals surface area contributed by atoms with Crippen LogP contribution in [-0.4, -0.2) is 51.4 Å². The van der Waals surface area contributed by atoms with Crippen LogP contribution in [0, 0.1) is 6.92 Å². The second-order valence-corrected chi connectivity index (χ2v) is 10.9. The molecule has 2 aromatic carbocycles. The number of carboxylic acid groups (broad SMARTS) is 1. The van der Waals surface area contributed by atoms with Gasteiger partial charge in [-0.05, 0) is 61.4 Å². The first-order valence-corrected chi connectivity index (χ1v) is 13.0. The van der Waals surface area contributed by atoms with E-state index in [-0.39, 0.29) is 36.4 Å². The third-order valence-corrected chi connectivity index (χ3v) is 8.12. The summed E-state index contributed by atoms with van der Waals surface area (Å²) in [7, 11) is -2.02. The van der Waals surface area contributed by atoms with Gasteiger partial charge in [0.05, 0.1) is 24.9 Å². The van der Waals surface area contributed by atoms with Crippen LogP contribution in [0.3, 0.4) is 0 Å². The molecule has 0 saturated carbocycles. The lowest BCUT2D eigenvalue weighted by molar-refractivity contribution is -0.137. The zero-order chi connectivity index (χ0) is 25.2. The summed E-state index contributed by atoms with van der Waals surface area (Å²) < 4.78 is 34.2. The number of benzene rings is 2. The van der Waals surface area contributed by atoms with Crippen molar-refractivity contribution in [1.29, 1.82) is 0 Å². The molecule has 10 heteroatoms. The third kappa shape index (κ3) is 5.71. The largest absolute Gasteiger partial charge is 0.488 e. The molecule has 0 saturated heterocycles. The van der Waals surface area contributed by atoms with Crippen LogP contribution in [0.1, 0.15) is 48.1 Å². The topological polar surface area (TPSA) is 115 Å². The highest BCUT2D eigenvalue weighted by Gasteiger charge is 2.33. The van der Waals surface area contributed by atoms with Gasteiger partial charge >= 0.3 is 5.97 Å². The Morgan fingerprint density at radius 3 is 2.74 bits per heavy atom. The summed E-state index contributed by atoms with van der Waals surface area (Å²) in [6.07, 6.45) is 2.53. The molecular weight excluding hydrogens is 468 g/mol. The SMILES string of the molecule is Cc1ccc(C(CCc2cnn(C)n2)CC(=O)O)cc1CN1C[C@@H](C)Oc2ccccc2S1(=O)=O. The molecule has 1 aliphatic rings. The van der Waals surface area contributed by atoms with E-state index in [0.717, 1.165) is 22.4 Å². The summed E-state index contributed by atoms with van der Waals surface area (Å²) >= 11 is 0. The Kier molecular flexibility index (Phi) is 7.23. The van der Waals surface area contributed by atoms with Crippen LogP contribution in [0.15, 0.2) is 53.6 Å². The molecule has 0 spiro atoms. The van der Waals surface area contributed by atoms with E-state index in [1.807, 2.05) is 32.0 Å². The van der Waals surface area contributed by atoms with E-state index >= 15 is 0 Å². The quantitative estimate of drug-likeness (QED) is 0.507. The van der Waals surface area contributed by atoms with Crippen molar-refractivity contribution in [2.24, 2.45) is 7.05 Å². The van der Waals surface area contributed by atoms with Crippen molar-refractivity contribution in [3.63, 3.8) is 0 Å². The summed E-state index contributed by atoms with van der Waals surface area (Å²) in [5.41, 5.74) is 3.46. The van der Waals surface area contributed by atoms with Crippen molar-refractivity contribution in [3.8, 4) is 5.75 Å². The number of hydrogen-bond donors (Lipinski definition) is 1. The normalized spacial score (nSPS) is 18.3. The summed E-state index contributed by atoms with van der Waals surface area (Å²) in [6, 6.07) is 12.5. The van der Waals surface area contributed by atoms with Gasteiger partial charge in [0.1, 0.15) is 16.7 Å². The van der Waals surface area contributed by atoms with Crippen molar-refractivity contribution >= 4 is 16.0 Å². The molecule has 186 valence electrons. The average molecular weight is 499 g/mol. The van der Waals surface area contributed by atoms with E-state index in [0.29, 0.717) is 18.6 Å². The van der Waals surface area contributed by atoms with Gasteiger partial charge in [-0.25, -0.2) is 8.42 Å². The fraction of sp³-hybridized carbons (Fsp3) is 0.400.